The molecule has 1 aliphatic carbocycles. The van der Waals surface area contributed by atoms with Gasteiger partial charge in [0, 0.05) is 0 Å². The molecule has 1 saturated carbocycles. The van der Waals surface area contributed by atoms with Gasteiger partial charge < -0.3 is 5.11 Å². The molecule has 0 bridgehead atoms. The Morgan fingerprint density at radius 2 is 2.36 bits per heavy atom. The lowest BCUT2D eigenvalue weighted by Crippen LogP contribution is -2.12. The maximum atomic E-state index is 10.4. The molecule has 0 saturated heterocycles. The van der Waals surface area contributed by atoms with Crippen molar-refractivity contribution in [3.05, 3.63) is 0 Å². The first kappa shape index (κ1) is 8.91. The van der Waals surface area contributed by atoms with Crippen LogP contribution in [0.3, 0.4) is 0 Å². The van der Waals surface area contributed by atoms with Gasteiger partial charge in [0.1, 0.15) is 0 Å². The summed E-state index contributed by atoms with van der Waals surface area (Å²) < 4.78 is 0. The summed E-state index contributed by atoms with van der Waals surface area (Å²) in [6.45, 7) is 1.75. The fraction of sp³-hybridized carbons (Fsp3) is 0.875. The molecule has 1 rings (SSSR count). The third kappa shape index (κ3) is 3.65. The van der Waals surface area contributed by atoms with Crippen molar-refractivity contribution in [3.63, 3.8) is 0 Å². The van der Waals surface area contributed by atoms with Gasteiger partial charge in [0.15, 0.2) is 0 Å². The lowest BCUT2D eigenvalue weighted by Gasteiger charge is -2.03. The summed E-state index contributed by atoms with van der Waals surface area (Å²) in [4.78, 5) is 10.4. The summed E-state index contributed by atoms with van der Waals surface area (Å²) >= 11 is 1.55. The van der Waals surface area contributed by atoms with Crippen molar-refractivity contribution in [1.82, 2.24) is 0 Å². The SMILES string of the molecule is CC(SCCC1CC1)C(=O)O. The maximum Gasteiger partial charge on any atom is 0.316 e. The van der Waals surface area contributed by atoms with Crippen LogP contribution in [-0.2, 0) is 4.79 Å². The third-order valence-corrected chi connectivity index (χ3v) is 3.11. The number of carboxylic acid groups (broad SMARTS) is 1. The molecular formula is C8H14O2S. The molecule has 0 aromatic heterocycles. The van der Waals surface area contributed by atoms with E-state index < -0.39 is 5.97 Å². The van der Waals surface area contributed by atoms with E-state index in [0.717, 1.165) is 11.7 Å². The lowest BCUT2D eigenvalue weighted by molar-refractivity contribution is -0.136. The smallest absolute Gasteiger partial charge is 0.316 e. The number of aliphatic carboxylic acids is 1. The van der Waals surface area contributed by atoms with E-state index >= 15 is 0 Å². The van der Waals surface area contributed by atoms with Crippen LogP contribution in [0.25, 0.3) is 0 Å². The van der Waals surface area contributed by atoms with E-state index in [2.05, 4.69) is 0 Å². The van der Waals surface area contributed by atoms with Gasteiger partial charge in [0.25, 0.3) is 0 Å². The minimum absolute atomic E-state index is 0.228. The topological polar surface area (TPSA) is 37.3 Å². The summed E-state index contributed by atoms with van der Waals surface area (Å²) in [5, 5.41) is 8.31. The molecule has 11 heavy (non-hydrogen) atoms. The number of carboxylic acids is 1. The number of thioether (sulfide) groups is 1. The molecule has 0 aromatic rings. The second-order valence-electron chi connectivity index (χ2n) is 3.08. The first-order chi connectivity index (χ1) is 5.20. The highest BCUT2D eigenvalue weighted by Crippen LogP contribution is 2.33. The summed E-state index contributed by atoms with van der Waals surface area (Å²) in [5.41, 5.74) is 0. The molecule has 0 aromatic carbocycles. The van der Waals surface area contributed by atoms with Gasteiger partial charge in [-0.15, -0.1) is 11.8 Å². The Bertz CT molecular complexity index is 143. The Balaban J connectivity index is 1.96. The van der Waals surface area contributed by atoms with E-state index in [-0.39, 0.29) is 5.25 Å². The van der Waals surface area contributed by atoms with Gasteiger partial charge in [-0.05, 0) is 25.0 Å². The van der Waals surface area contributed by atoms with Crippen LogP contribution >= 0.6 is 11.8 Å². The molecule has 2 nitrogen and oxygen atoms in total. The highest BCUT2D eigenvalue weighted by molar-refractivity contribution is 8.00. The normalized spacial score (nSPS) is 19.7. The van der Waals surface area contributed by atoms with Crippen LogP contribution in [0, 0.1) is 5.92 Å². The van der Waals surface area contributed by atoms with Gasteiger partial charge in [-0.2, -0.15) is 0 Å². The van der Waals surface area contributed by atoms with Crippen LogP contribution in [-0.4, -0.2) is 22.1 Å². The molecule has 0 spiro atoms. The molecule has 1 fully saturated rings. The first-order valence-electron chi connectivity index (χ1n) is 4.04. The van der Waals surface area contributed by atoms with Crippen molar-refractivity contribution in [3.8, 4) is 0 Å². The zero-order chi connectivity index (χ0) is 8.27. The van der Waals surface area contributed by atoms with Crippen LogP contribution in [0.1, 0.15) is 26.2 Å². The molecule has 0 aliphatic heterocycles. The fourth-order valence-corrected chi connectivity index (χ4v) is 1.85. The summed E-state index contributed by atoms with van der Waals surface area (Å²) in [6, 6.07) is 0. The van der Waals surface area contributed by atoms with Crippen molar-refractivity contribution in [2.24, 2.45) is 5.92 Å². The molecule has 1 N–H and O–H groups in total. The molecule has 64 valence electrons. The van der Waals surface area contributed by atoms with Gasteiger partial charge >= 0.3 is 5.97 Å². The van der Waals surface area contributed by atoms with E-state index in [4.69, 9.17) is 5.11 Å². The number of carbonyl (C=O) groups is 1. The highest BCUT2D eigenvalue weighted by Gasteiger charge is 2.21. The van der Waals surface area contributed by atoms with Crippen molar-refractivity contribution in [2.45, 2.75) is 31.4 Å². The number of hydrogen-bond donors (Lipinski definition) is 1. The molecule has 1 aliphatic rings. The Hall–Kier alpha value is -0.180. The average molecular weight is 174 g/mol. The Labute approximate surface area is 71.4 Å². The largest absolute Gasteiger partial charge is 0.480 e. The highest BCUT2D eigenvalue weighted by atomic mass is 32.2. The predicted molar refractivity (Wildman–Crippen MR) is 46.9 cm³/mol. The summed E-state index contributed by atoms with van der Waals surface area (Å²) in [7, 11) is 0. The minimum atomic E-state index is -0.689. The van der Waals surface area contributed by atoms with Crippen molar-refractivity contribution < 1.29 is 9.90 Å². The maximum absolute atomic E-state index is 10.4. The van der Waals surface area contributed by atoms with Crippen LogP contribution in [0.5, 0.6) is 0 Å². The third-order valence-electron chi connectivity index (χ3n) is 1.94. The molecular weight excluding hydrogens is 160 g/mol. The van der Waals surface area contributed by atoms with E-state index in [1.54, 1.807) is 18.7 Å². The van der Waals surface area contributed by atoms with Crippen molar-refractivity contribution in [1.29, 1.82) is 0 Å². The van der Waals surface area contributed by atoms with Crippen LogP contribution in [0.4, 0.5) is 0 Å². The van der Waals surface area contributed by atoms with E-state index in [9.17, 15) is 4.79 Å². The van der Waals surface area contributed by atoms with Gasteiger partial charge in [0.05, 0.1) is 5.25 Å². The predicted octanol–water partition coefficient (Wildman–Crippen LogP) is 1.99. The Morgan fingerprint density at radius 1 is 1.73 bits per heavy atom. The summed E-state index contributed by atoms with van der Waals surface area (Å²) in [6.07, 6.45) is 3.94. The number of rotatable bonds is 5. The Kier molecular flexibility index (Phi) is 3.24. The first-order valence-corrected chi connectivity index (χ1v) is 5.09. The van der Waals surface area contributed by atoms with Crippen LogP contribution in [0.15, 0.2) is 0 Å². The average Bonchev–Trinajstić information content (AvgIpc) is 2.71. The van der Waals surface area contributed by atoms with Crippen LogP contribution < -0.4 is 0 Å². The molecule has 0 heterocycles. The van der Waals surface area contributed by atoms with Gasteiger partial charge in [-0.3, -0.25) is 4.79 Å². The van der Waals surface area contributed by atoms with Gasteiger partial charge in [-0.1, -0.05) is 12.8 Å². The van der Waals surface area contributed by atoms with Crippen molar-refractivity contribution in [2.75, 3.05) is 5.75 Å². The van der Waals surface area contributed by atoms with Gasteiger partial charge in [-0.25, -0.2) is 0 Å². The standard InChI is InChI=1S/C8H14O2S/c1-6(8(9)10)11-5-4-7-2-3-7/h6-7H,2-5H2,1H3,(H,9,10). The molecule has 1 unspecified atom stereocenters. The molecule has 0 amide bonds. The monoisotopic (exact) mass is 174 g/mol. The Morgan fingerprint density at radius 3 is 2.82 bits per heavy atom. The van der Waals surface area contributed by atoms with Crippen LogP contribution in [0.2, 0.25) is 0 Å². The fourth-order valence-electron chi connectivity index (χ4n) is 0.889. The minimum Gasteiger partial charge on any atom is -0.480 e. The van der Waals surface area contributed by atoms with E-state index in [1.165, 1.54) is 19.3 Å². The second-order valence-corrected chi connectivity index (χ2v) is 4.53. The lowest BCUT2D eigenvalue weighted by atomic mass is 10.3. The van der Waals surface area contributed by atoms with Crippen molar-refractivity contribution >= 4 is 17.7 Å². The van der Waals surface area contributed by atoms with E-state index in [1.807, 2.05) is 0 Å². The quantitative estimate of drug-likeness (QED) is 0.692. The number of hydrogen-bond acceptors (Lipinski definition) is 2. The van der Waals surface area contributed by atoms with E-state index in [0.29, 0.717) is 0 Å². The molecule has 1 atom stereocenters. The zero-order valence-electron chi connectivity index (χ0n) is 6.75. The molecule has 3 heteroatoms. The second kappa shape index (κ2) is 4.00. The summed E-state index contributed by atoms with van der Waals surface area (Å²) in [5.74, 6) is 1.24. The zero-order valence-corrected chi connectivity index (χ0v) is 7.56. The molecule has 0 radical (unpaired) electrons. The van der Waals surface area contributed by atoms with Gasteiger partial charge in [0.2, 0.25) is 0 Å².